The molecule has 0 saturated carbocycles. The fourth-order valence-corrected chi connectivity index (χ4v) is 5.53. The maximum absolute atomic E-state index is 12.5. The van der Waals surface area contributed by atoms with Gasteiger partial charge in [0.05, 0.1) is 23.7 Å². The normalized spacial score (nSPS) is 18.4. The maximum atomic E-state index is 12.5. The molecule has 1 atom stereocenters. The van der Waals surface area contributed by atoms with Gasteiger partial charge < -0.3 is 9.72 Å². The number of aromatic nitrogens is 2. The lowest BCUT2D eigenvalue weighted by atomic mass is 10.1. The number of carbonyl (C=O) groups is 1. The molecule has 0 aliphatic carbocycles. The number of imidazole rings is 1. The summed E-state index contributed by atoms with van der Waals surface area (Å²) in [5, 5.41) is 2.91. The summed E-state index contributed by atoms with van der Waals surface area (Å²) < 4.78 is 25.3. The van der Waals surface area contributed by atoms with E-state index in [1.54, 1.807) is 7.05 Å². The predicted molar refractivity (Wildman–Crippen MR) is 114 cm³/mol. The Kier molecular flexibility index (Phi) is 5.14. The molecule has 152 valence electrons. The molecule has 7 nitrogen and oxygen atoms in total. The quantitative estimate of drug-likeness (QED) is 0.696. The third-order valence-electron chi connectivity index (χ3n) is 5.34. The molecule has 3 heterocycles. The molecule has 1 aliphatic heterocycles. The van der Waals surface area contributed by atoms with Gasteiger partial charge in [0.2, 0.25) is 5.91 Å². The Hall–Kier alpha value is -2.71. The first-order valence-corrected chi connectivity index (χ1v) is 11.4. The van der Waals surface area contributed by atoms with Gasteiger partial charge in [0.15, 0.2) is 9.84 Å². The summed E-state index contributed by atoms with van der Waals surface area (Å²) in [6, 6.07) is 11.5. The molecule has 0 bridgehead atoms. The second-order valence-corrected chi connectivity index (χ2v) is 9.88. The molecule has 4 rings (SSSR count). The number of sulfone groups is 1. The van der Waals surface area contributed by atoms with Gasteiger partial charge in [-0.1, -0.05) is 18.2 Å². The van der Waals surface area contributed by atoms with Crippen molar-refractivity contribution in [3.63, 3.8) is 0 Å². The number of hydrogen-bond acceptors (Lipinski definition) is 5. The summed E-state index contributed by atoms with van der Waals surface area (Å²) in [6.45, 7) is 2.17. The lowest BCUT2D eigenvalue weighted by Gasteiger charge is -2.22. The van der Waals surface area contributed by atoms with Crippen LogP contribution in [0.5, 0.6) is 0 Å². The minimum atomic E-state index is -2.97. The number of fused-ring (bicyclic) bond motifs is 1. The average Bonchev–Trinajstić information content (AvgIpc) is 3.26. The highest BCUT2D eigenvalue weighted by atomic mass is 32.2. The largest absolute Gasteiger partial charge is 0.325 e. The van der Waals surface area contributed by atoms with Gasteiger partial charge in [0, 0.05) is 29.7 Å². The topological polar surface area (TPSA) is 83.8 Å². The minimum absolute atomic E-state index is 0.0988. The molecule has 0 radical (unpaired) electrons. The number of likely N-dealkylation sites (N-methyl/N-ethyl adjacent to an activating group) is 1. The van der Waals surface area contributed by atoms with E-state index in [0.717, 1.165) is 22.5 Å². The monoisotopic (exact) mass is 412 g/mol. The first-order valence-electron chi connectivity index (χ1n) is 9.56. The predicted octanol–water partition coefficient (Wildman–Crippen LogP) is 2.37. The van der Waals surface area contributed by atoms with E-state index in [1.165, 1.54) is 0 Å². The number of amides is 1. The molecule has 2 aromatic heterocycles. The molecule has 1 amide bonds. The second kappa shape index (κ2) is 7.61. The lowest BCUT2D eigenvalue weighted by molar-refractivity contribution is -0.117. The number of aryl methyl sites for hydroxylation is 1. The second-order valence-electron chi connectivity index (χ2n) is 7.65. The van der Waals surface area contributed by atoms with Crippen molar-refractivity contribution in [3.05, 3.63) is 54.4 Å². The van der Waals surface area contributed by atoms with E-state index >= 15 is 0 Å². The van der Waals surface area contributed by atoms with Gasteiger partial charge in [0.1, 0.15) is 5.65 Å². The number of benzene rings is 1. The van der Waals surface area contributed by atoms with E-state index in [4.69, 9.17) is 4.98 Å². The zero-order valence-electron chi connectivity index (χ0n) is 16.5. The van der Waals surface area contributed by atoms with Crippen LogP contribution in [0.4, 0.5) is 5.69 Å². The van der Waals surface area contributed by atoms with Crippen LogP contribution in [0.2, 0.25) is 0 Å². The van der Waals surface area contributed by atoms with Crippen molar-refractivity contribution >= 4 is 27.1 Å². The smallest absolute Gasteiger partial charge is 0.238 e. The lowest BCUT2D eigenvalue weighted by Crippen LogP contribution is -2.38. The summed E-state index contributed by atoms with van der Waals surface area (Å²) in [4.78, 5) is 19.0. The van der Waals surface area contributed by atoms with Gasteiger partial charge in [-0.3, -0.25) is 9.69 Å². The fourth-order valence-electron chi connectivity index (χ4n) is 3.73. The molecule has 1 saturated heterocycles. The Labute approximate surface area is 170 Å². The number of anilines is 1. The Bertz CT molecular complexity index is 1170. The van der Waals surface area contributed by atoms with Crippen molar-refractivity contribution in [2.45, 2.75) is 19.4 Å². The van der Waals surface area contributed by atoms with Crippen LogP contribution in [0.3, 0.4) is 0 Å². The molecule has 29 heavy (non-hydrogen) atoms. The highest BCUT2D eigenvalue weighted by Gasteiger charge is 2.31. The molecule has 1 unspecified atom stereocenters. The first-order chi connectivity index (χ1) is 13.8. The third kappa shape index (κ3) is 4.33. The molecule has 0 spiro atoms. The van der Waals surface area contributed by atoms with Gasteiger partial charge in [-0.2, -0.15) is 0 Å². The van der Waals surface area contributed by atoms with Gasteiger partial charge in [-0.25, -0.2) is 13.4 Å². The van der Waals surface area contributed by atoms with E-state index in [-0.39, 0.29) is 30.0 Å². The van der Waals surface area contributed by atoms with E-state index in [9.17, 15) is 13.2 Å². The van der Waals surface area contributed by atoms with Crippen molar-refractivity contribution in [2.75, 3.05) is 30.4 Å². The van der Waals surface area contributed by atoms with Crippen LogP contribution in [0.1, 0.15) is 12.0 Å². The van der Waals surface area contributed by atoms with Crippen LogP contribution in [0, 0.1) is 6.92 Å². The van der Waals surface area contributed by atoms with Gasteiger partial charge in [-0.05, 0) is 44.2 Å². The van der Waals surface area contributed by atoms with E-state index in [2.05, 4.69) is 5.32 Å². The summed E-state index contributed by atoms with van der Waals surface area (Å²) in [5.74, 6) is 0.156. The Morgan fingerprint density at radius 1 is 1.31 bits per heavy atom. The summed E-state index contributed by atoms with van der Waals surface area (Å²) in [6.07, 6.45) is 4.51. The van der Waals surface area contributed by atoms with Gasteiger partial charge in [-0.15, -0.1) is 0 Å². The standard InChI is InChI=1S/C21H24N4O3S/c1-15-5-4-9-25-12-19(23-21(15)25)16-6-3-7-17(11-16)22-20(26)13-24(2)18-8-10-29(27,28)14-18/h3-7,9,11-12,18H,8,10,13-14H2,1-2H3,(H,22,26). The van der Waals surface area contributed by atoms with Gasteiger partial charge in [0.25, 0.3) is 0 Å². The van der Waals surface area contributed by atoms with Crippen molar-refractivity contribution in [1.82, 2.24) is 14.3 Å². The summed E-state index contributed by atoms with van der Waals surface area (Å²) >= 11 is 0. The number of carbonyl (C=O) groups excluding carboxylic acids is 1. The molecule has 1 N–H and O–H groups in total. The van der Waals surface area contributed by atoms with Crippen molar-refractivity contribution in [2.24, 2.45) is 0 Å². The number of nitrogens with one attached hydrogen (secondary N) is 1. The van der Waals surface area contributed by atoms with E-state index < -0.39 is 9.84 Å². The van der Waals surface area contributed by atoms with Crippen molar-refractivity contribution in [1.29, 1.82) is 0 Å². The van der Waals surface area contributed by atoms with Crippen LogP contribution >= 0.6 is 0 Å². The van der Waals surface area contributed by atoms with Crippen LogP contribution in [0.15, 0.2) is 48.8 Å². The Balaban J connectivity index is 1.46. The minimum Gasteiger partial charge on any atom is -0.325 e. The van der Waals surface area contributed by atoms with Gasteiger partial charge >= 0.3 is 0 Å². The highest BCUT2D eigenvalue weighted by molar-refractivity contribution is 7.91. The van der Waals surface area contributed by atoms with Crippen molar-refractivity contribution < 1.29 is 13.2 Å². The zero-order chi connectivity index (χ0) is 20.6. The van der Waals surface area contributed by atoms with Crippen LogP contribution in [-0.4, -0.2) is 59.7 Å². The van der Waals surface area contributed by atoms with Crippen LogP contribution in [0.25, 0.3) is 16.9 Å². The number of hydrogen-bond donors (Lipinski definition) is 1. The molecule has 8 heteroatoms. The maximum Gasteiger partial charge on any atom is 0.238 e. The first kappa shape index (κ1) is 19.6. The van der Waals surface area contributed by atoms with E-state index in [1.807, 2.05) is 65.0 Å². The number of nitrogens with zero attached hydrogens (tertiary/aromatic N) is 3. The summed E-state index contributed by atoms with van der Waals surface area (Å²) in [5.41, 5.74) is 4.45. The SMILES string of the molecule is Cc1cccn2cc(-c3cccc(NC(=O)CN(C)C4CCS(=O)(=O)C4)c3)nc12. The molecule has 1 fully saturated rings. The Morgan fingerprint density at radius 3 is 2.86 bits per heavy atom. The molecule has 1 aromatic carbocycles. The number of rotatable bonds is 5. The van der Waals surface area contributed by atoms with Crippen molar-refractivity contribution in [3.8, 4) is 11.3 Å². The fraction of sp³-hybridized carbons (Fsp3) is 0.333. The molecule has 1 aliphatic rings. The summed E-state index contributed by atoms with van der Waals surface area (Å²) in [7, 11) is -1.18. The van der Waals surface area contributed by atoms with Crippen LogP contribution in [-0.2, 0) is 14.6 Å². The molecular weight excluding hydrogens is 388 g/mol. The van der Waals surface area contributed by atoms with E-state index in [0.29, 0.717) is 12.1 Å². The zero-order valence-corrected chi connectivity index (χ0v) is 17.3. The number of pyridine rings is 1. The molecular formula is C21H24N4O3S. The highest BCUT2D eigenvalue weighted by Crippen LogP contribution is 2.23. The Morgan fingerprint density at radius 2 is 2.14 bits per heavy atom. The van der Waals surface area contributed by atoms with Crippen LogP contribution < -0.4 is 5.32 Å². The molecule has 3 aromatic rings. The third-order valence-corrected chi connectivity index (χ3v) is 7.10. The average molecular weight is 413 g/mol.